The van der Waals surface area contributed by atoms with Crippen LogP contribution in [0, 0.1) is 12.7 Å². The van der Waals surface area contributed by atoms with Gasteiger partial charge in [-0.1, -0.05) is 12.1 Å². The molecule has 0 fully saturated rings. The molecule has 0 saturated heterocycles. The number of hydrogen-bond donors (Lipinski definition) is 3. The largest absolute Gasteiger partial charge is 0.388 e. The van der Waals surface area contributed by atoms with Crippen LogP contribution in [-0.2, 0) is 4.79 Å². The van der Waals surface area contributed by atoms with Crippen molar-refractivity contribution in [2.45, 2.75) is 26.1 Å². The Kier molecular flexibility index (Phi) is 4.60. The van der Waals surface area contributed by atoms with Crippen molar-refractivity contribution in [3.8, 4) is 0 Å². The highest BCUT2D eigenvalue weighted by atomic mass is 19.1. The lowest BCUT2D eigenvalue weighted by atomic mass is 10.0. The fraction of sp³-hybridized carbons (Fsp3) is 0.417. The van der Waals surface area contributed by atoms with Crippen LogP contribution < -0.4 is 5.32 Å². The summed E-state index contributed by atoms with van der Waals surface area (Å²) in [7, 11) is 0. The van der Waals surface area contributed by atoms with E-state index in [0.29, 0.717) is 5.56 Å². The number of aryl methyl sites for hydroxylation is 1. The van der Waals surface area contributed by atoms with Crippen LogP contribution in [-0.4, -0.2) is 28.8 Å². The summed E-state index contributed by atoms with van der Waals surface area (Å²) in [6.07, 6.45) is -2.39. The Hall–Kier alpha value is -1.46. The molecule has 0 radical (unpaired) electrons. The second kappa shape index (κ2) is 5.75. The molecule has 94 valence electrons. The zero-order valence-corrected chi connectivity index (χ0v) is 9.77. The van der Waals surface area contributed by atoms with Crippen LogP contribution in [0.5, 0.6) is 0 Å². The molecule has 1 rings (SSSR count). The first-order chi connectivity index (χ1) is 7.91. The van der Waals surface area contributed by atoms with Gasteiger partial charge in [0.1, 0.15) is 18.0 Å². The van der Waals surface area contributed by atoms with E-state index in [0.717, 1.165) is 0 Å². The molecule has 2 unspecified atom stereocenters. The van der Waals surface area contributed by atoms with Gasteiger partial charge in [-0.15, -0.1) is 0 Å². The molecular weight excluding hydrogens is 225 g/mol. The maximum Gasteiger partial charge on any atom is 0.216 e. The van der Waals surface area contributed by atoms with E-state index in [1.807, 2.05) is 0 Å². The number of benzene rings is 1. The normalized spacial score (nSPS) is 14.2. The van der Waals surface area contributed by atoms with E-state index >= 15 is 0 Å². The molecule has 0 aliphatic heterocycles. The highest BCUT2D eigenvalue weighted by Gasteiger charge is 2.19. The van der Waals surface area contributed by atoms with E-state index in [1.54, 1.807) is 13.0 Å². The molecule has 1 aromatic rings. The van der Waals surface area contributed by atoms with Gasteiger partial charge >= 0.3 is 0 Å². The maximum absolute atomic E-state index is 13.3. The standard InChI is InChI=1S/C12H16FNO3/c1-7-3-4-9(5-10(7)13)12(17)11(16)6-14-8(2)15/h3-5,11-12,16-17H,6H2,1-2H3,(H,14,15). The number of aliphatic hydroxyl groups is 2. The smallest absolute Gasteiger partial charge is 0.216 e. The maximum atomic E-state index is 13.3. The number of aliphatic hydroxyl groups excluding tert-OH is 2. The molecule has 0 saturated carbocycles. The Morgan fingerprint density at radius 1 is 1.47 bits per heavy atom. The third-order valence-electron chi connectivity index (χ3n) is 2.46. The van der Waals surface area contributed by atoms with Crippen LogP contribution in [0.1, 0.15) is 24.2 Å². The summed E-state index contributed by atoms with van der Waals surface area (Å²) in [5.74, 6) is -0.736. The van der Waals surface area contributed by atoms with Crippen molar-refractivity contribution < 1.29 is 19.4 Å². The minimum Gasteiger partial charge on any atom is -0.388 e. The zero-order chi connectivity index (χ0) is 13.0. The van der Waals surface area contributed by atoms with E-state index in [4.69, 9.17) is 0 Å². The second-order valence-electron chi connectivity index (χ2n) is 3.96. The summed E-state index contributed by atoms with van der Waals surface area (Å²) < 4.78 is 13.3. The topological polar surface area (TPSA) is 69.6 Å². The van der Waals surface area contributed by atoms with Gasteiger partial charge in [0.2, 0.25) is 5.91 Å². The number of amides is 1. The van der Waals surface area contributed by atoms with Crippen LogP contribution in [0.3, 0.4) is 0 Å². The lowest BCUT2D eigenvalue weighted by Crippen LogP contribution is -2.34. The zero-order valence-electron chi connectivity index (χ0n) is 9.77. The third-order valence-corrected chi connectivity index (χ3v) is 2.46. The molecule has 2 atom stereocenters. The molecule has 1 aromatic carbocycles. The summed E-state index contributed by atoms with van der Waals surface area (Å²) in [5, 5.41) is 21.7. The molecule has 0 bridgehead atoms. The van der Waals surface area contributed by atoms with Crippen molar-refractivity contribution in [3.63, 3.8) is 0 Å². The average molecular weight is 241 g/mol. The second-order valence-corrected chi connectivity index (χ2v) is 3.96. The lowest BCUT2D eigenvalue weighted by Gasteiger charge is -2.18. The van der Waals surface area contributed by atoms with E-state index in [2.05, 4.69) is 5.32 Å². The Morgan fingerprint density at radius 3 is 2.65 bits per heavy atom. The van der Waals surface area contributed by atoms with Crippen molar-refractivity contribution in [1.82, 2.24) is 5.32 Å². The summed E-state index contributed by atoms with van der Waals surface area (Å²) in [6, 6.07) is 4.25. The Balaban J connectivity index is 2.70. The number of carbonyl (C=O) groups excluding carboxylic acids is 1. The SMILES string of the molecule is CC(=O)NCC(O)C(O)c1ccc(C)c(F)c1. The van der Waals surface area contributed by atoms with E-state index in [1.165, 1.54) is 19.1 Å². The van der Waals surface area contributed by atoms with Gasteiger partial charge in [-0.05, 0) is 24.1 Å². The number of halogens is 1. The van der Waals surface area contributed by atoms with Gasteiger partial charge in [-0.3, -0.25) is 4.79 Å². The summed E-state index contributed by atoms with van der Waals surface area (Å²) >= 11 is 0. The first-order valence-corrected chi connectivity index (χ1v) is 5.28. The molecule has 0 aliphatic carbocycles. The number of carbonyl (C=O) groups is 1. The monoisotopic (exact) mass is 241 g/mol. The number of hydrogen-bond acceptors (Lipinski definition) is 3. The van der Waals surface area contributed by atoms with Crippen molar-refractivity contribution in [2.24, 2.45) is 0 Å². The minimum absolute atomic E-state index is 0.0774. The van der Waals surface area contributed by atoms with Gasteiger partial charge in [0, 0.05) is 13.5 Å². The number of rotatable bonds is 4. The van der Waals surface area contributed by atoms with Gasteiger partial charge in [-0.2, -0.15) is 0 Å². The van der Waals surface area contributed by atoms with Gasteiger partial charge < -0.3 is 15.5 Å². The lowest BCUT2D eigenvalue weighted by molar-refractivity contribution is -0.119. The average Bonchev–Trinajstić information content (AvgIpc) is 2.28. The Morgan fingerprint density at radius 2 is 2.12 bits per heavy atom. The molecule has 3 N–H and O–H groups in total. The van der Waals surface area contributed by atoms with Crippen molar-refractivity contribution >= 4 is 5.91 Å². The highest BCUT2D eigenvalue weighted by Crippen LogP contribution is 2.19. The van der Waals surface area contributed by atoms with Crippen LogP contribution in [0.25, 0.3) is 0 Å². The molecular formula is C12H16FNO3. The molecule has 4 nitrogen and oxygen atoms in total. The Bertz CT molecular complexity index is 409. The molecule has 0 spiro atoms. The minimum atomic E-state index is -1.23. The molecule has 0 heterocycles. The molecule has 0 aliphatic rings. The third kappa shape index (κ3) is 3.80. The summed E-state index contributed by atoms with van der Waals surface area (Å²) in [5.41, 5.74) is 0.753. The molecule has 0 aromatic heterocycles. The molecule has 1 amide bonds. The van der Waals surface area contributed by atoms with Crippen molar-refractivity contribution in [3.05, 3.63) is 35.1 Å². The van der Waals surface area contributed by atoms with E-state index in [-0.39, 0.29) is 18.0 Å². The van der Waals surface area contributed by atoms with Crippen LogP contribution in [0.15, 0.2) is 18.2 Å². The predicted octanol–water partition coefficient (Wildman–Crippen LogP) is 0.665. The van der Waals surface area contributed by atoms with Gasteiger partial charge in [0.05, 0.1) is 0 Å². The Labute approximate surface area is 99.1 Å². The quantitative estimate of drug-likeness (QED) is 0.725. The van der Waals surface area contributed by atoms with Crippen molar-refractivity contribution in [1.29, 1.82) is 0 Å². The van der Waals surface area contributed by atoms with Crippen LogP contribution in [0.2, 0.25) is 0 Å². The van der Waals surface area contributed by atoms with Gasteiger partial charge in [0.25, 0.3) is 0 Å². The van der Waals surface area contributed by atoms with Crippen molar-refractivity contribution in [2.75, 3.05) is 6.54 Å². The molecule has 5 heteroatoms. The first-order valence-electron chi connectivity index (χ1n) is 5.28. The van der Waals surface area contributed by atoms with Crippen LogP contribution >= 0.6 is 0 Å². The van der Waals surface area contributed by atoms with Gasteiger partial charge in [-0.25, -0.2) is 4.39 Å². The van der Waals surface area contributed by atoms with Crippen LogP contribution in [0.4, 0.5) is 4.39 Å². The fourth-order valence-corrected chi connectivity index (χ4v) is 1.38. The number of nitrogens with one attached hydrogen (secondary N) is 1. The summed E-state index contributed by atoms with van der Waals surface area (Å²) in [4.78, 5) is 10.6. The summed E-state index contributed by atoms with van der Waals surface area (Å²) in [6.45, 7) is 2.84. The predicted molar refractivity (Wildman–Crippen MR) is 60.8 cm³/mol. The van der Waals surface area contributed by atoms with Gasteiger partial charge in [0.15, 0.2) is 0 Å². The highest BCUT2D eigenvalue weighted by molar-refractivity contribution is 5.72. The molecule has 17 heavy (non-hydrogen) atoms. The fourth-order valence-electron chi connectivity index (χ4n) is 1.38. The van der Waals surface area contributed by atoms with E-state index < -0.39 is 18.0 Å². The van der Waals surface area contributed by atoms with E-state index in [9.17, 15) is 19.4 Å². The first kappa shape index (κ1) is 13.6.